The molecule has 112 valence electrons. The first-order valence-electron chi connectivity index (χ1n) is 6.61. The predicted molar refractivity (Wildman–Crippen MR) is 97.1 cm³/mol. The second kappa shape index (κ2) is 6.72. The highest BCUT2D eigenvalue weighted by molar-refractivity contribution is 9.10. The van der Waals surface area contributed by atoms with Gasteiger partial charge in [0.05, 0.1) is 11.9 Å². The number of hydrogen-bond donors (Lipinski definition) is 0. The van der Waals surface area contributed by atoms with E-state index in [4.69, 9.17) is 16.3 Å². The van der Waals surface area contributed by atoms with Gasteiger partial charge in [-0.05, 0) is 49.1 Å². The van der Waals surface area contributed by atoms with Crippen LogP contribution in [0.3, 0.4) is 0 Å². The summed E-state index contributed by atoms with van der Waals surface area (Å²) in [5, 5.41) is 0.790. The Kier molecular flexibility index (Phi) is 5.39. The summed E-state index contributed by atoms with van der Waals surface area (Å²) in [5.74, 6) is 0.898. The Morgan fingerprint density at radius 1 is 1.14 bits per heavy atom. The molecule has 0 amide bonds. The van der Waals surface area contributed by atoms with Crippen molar-refractivity contribution < 1.29 is 4.74 Å². The van der Waals surface area contributed by atoms with Crippen molar-refractivity contribution in [2.75, 3.05) is 7.11 Å². The molecule has 0 bridgehead atoms. The second-order valence-electron chi connectivity index (χ2n) is 5.09. The van der Waals surface area contributed by atoms with E-state index in [2.05, 4.69) is 44.8 Å². The molecule has 2 rings (SSSR count). The zero-order valence-electron chi connectivity index (χ0n) is 12.4. The SMILES string of the molecule is COc1c(C)cc(Br)c(C)c1C(Br)c1cccc(C)c1Cl. The number of halogens is 3. The summed E-state index contributed by atoms with van der Waals surface area (Å²) in [5.41, 5.74) is 5.48. The Morgan fingerprint density at radius 2 is 1.81 bits per heavy atom. The summed E-state index contributed by atoms with van der Waals surface area (Å²) in [6, 6.07) is 8.17. The third kappa shape index (κ3) is 3.15. The summed E-state index contributed by atoms with van der Waals surface area (Å²) in [6.07, 6.45) is 0. The first-order chi connectivity index (χ1) is 9.88. The van der Waals surface area contributed by atoms with Crippen LogP contribution < -0.4 is 4.74 Å². The number of methoxy groups -OCH3 is 1. The molecule has 0 spiro atoms. The lowest BCUT2D eigenvalue weighted by molar-refractivity contribution is 0.406. The second-order valence-corrected chi connectivity index (χ2v) is 7.24. The van der Waals surface area contributed by atoms with Crippen LogP contribution in [-0.2, 0) is 0 Å². The molecule has 2 aromatic carbocycles. The summed E-state index contributed by atoms with van der Waals surface area (Å²) < 4.78 is 6.70. The average molecular weight is 433 g/mol. The van der Waals surface area contributed by atoms with Gasteiger partial charge < -0.3 is 4.74 Å². The monoisotopic (exact) mass is 430 g/mol. The highest BCUT2D eigenvalue weighted by Gasteiger charge is 2.23. The van der Waals surface area contributed by atoms with Crippen molar-refractivity contribution in [3.8, 4) is 5.75 Å². The van der Waals surface area contributed by atoms with Crippen LogP contribution in [0.4, 0.5) is 0 Å². The molecule has 0 radical (unpaired) electrons. The van der Waals surface area contributed by atoms with Crippen LogP contribution in [0, 0.1) is 20.8 Å². The van der Waals surface area contributed by atoms with Crippen molar-refractivity contribution in [2.45, 2.75) is 25.6 Å². The van der Waals surface area contributed by atoms with Gasteiger partial charge >= 0.3 is 0 Å². The van der Waals surface area contributed by atoms with Gasteiger partial charge in [0, 0.05) is 15.1 Å². The molecule has 1 nitrogen and oxygen atoms in total. The van der Waals surface area contributed by atoms with Crippen LogP contribution >= 0.6 is 43.5 Å². The number of hydrogen-bond acceptors (Lipinski definition) is 1. The molecule has 1 unspecified atom stereocenters. The molecule has 1 atom stereocenters. The van der Waals surface area contributed by atoms with E-state index in [0.29, 0.717) is 0 Å². The van der Waals surface area contributed by atoms with Crippen LogP contribution in [0.15, 0.2) is 28.7 Å². The van der Waals surface area contributed by atoms with E-state index in [-0.39, 0.29) is 4.83 Å². The van der Waals surface area contributed by atoms with E-state index in [9.17, 15) is 0 Å². The largest absolute Gasteiger partial charge is 0.496 e. The molecule has 0 fully saturated rings. The Labute approximate surface area is 147 Å². The van der Waals surface area contributed by atoms with Crippen LogP contribution in [-0.4, -0.2) is 7.11 Å². The van der Waals surface area contributed by atoms with Gasteiger partial charge in [-0.25, -0.2) is 0 Å². The Hall–Kier alpha value is -0.510. The van der Waals surface area contributed by atoms with Gasteiger partial charge in [0.15, 0.2) is 0 Å². The molecular formula is C17H17Br2ClO. The predicted octanol–water partition coefficient (Wildman–Crippen LogP) is 6.52. The number of rotatable bonds is 3. The quantitative estimate of drug-likeness (QED) is 0.502. The van der Waals surface area contributed by atoms with E-state index in [0.717, 1.165) is 43.1 Å². The minimum atomic E-state index is -0.0175. The fraction of sp³-hybridized carbons (Fsp3) is 0.294. The summed E-state index contributed by atoms with van der Waals surface area (Å²) in [4.78, 5) is -0.0175. The summed E-state index contributed by atoms with van der Waals surface area (Å²) in [7, 11) is 1.71. The maximum absolute atomic E-state index is 6.48. The third-order valence-electron chi connectivity index (χ3n) is 3.66. The Morgan fingerprint density at radius 3 is 2.43 bits per heavy atom. The van der Waals surface area contributed by atoms with Crippen molar-refractivity contribution >= 4 is 43.5 Å². The van der Waals surface area contributed by atoms with Gasteiger partial charge in [-0.2, -0.15) is 0 Å². The van der Waals surface area contributed by atoms with Crippen molar-refractivity contribution in [3.63, 3.8) is 0 Å². The van der Waals surface area contributed by atoms with Crippen LogP contribution in [0.25, 0.3) is 0 Å². The Balaban J connectivity index is 2.68. The lowest BCUT2D eigenvalue weighted by Gasteiger charge is -2.21. The molecule has 0 aromatic heterocycles. The molecular weight excluding hydrogens is 415 g/mol. The summed E-state index contributed by atoms with van der Waals surface area (Å²) >= 11 is 13.9. The lowest BCUT2D eigenvalue weighted by Crippen LogP contribution is -2.03. The van der Waals surface area contributed by atoms with E-state index < -0.39 is 0 Å². The third-order valence-corrected chi connectivity index (χ3v) is 5.95. The highest BCUT2D eigenvalue weighted by atomic mass is 79.9. The van der Waals surface area contributed by atoms with Crippen LogP contribution in [0.2, 0.25) is 5.02 Å². The molecule has 0 aliphatic heterocycles. The number of aryl methyl sites for hydroxylation is 2. The van der Waals surface area contributed by atoms with E-state index in [1.165, 1.54) is 0 Å². The number of benzene rings is 2. The van der Waals surface area contributed by atoms with Crippen LogP contribution in [0.5, 0.6) is 5.75 Å². The molecule has 0 saturated carbocycles. The molecule has 2 aromatic rings. The Bertz CT molecular complexity index is 683. The molecule has 21 heavy (non-hydrogen) atoms. The highest BCUT2D eigenvalue weighted by Crippen LogP contribution is 2.45. The lowest BCUT2D eigenvalue weighted by atomic mass is 9.96. The van der Waals surface area contributed by atoms with Crippen molar-refractivity contribution in [2.24, 2.45) is 0 Å². The minimum absolute atomic E-state index is 0.0175. The van der Waals surface area contributed by atoms with Gasteiger partial charge in [0.2, 0.25) is 0 Å². The van der Waals surface area contributed by atoms with Gasteiger partial charge in [-0.3, -0.25) is 0 Å². The van der Waals surface area contributed by atoms with E-state index >= 15 is 0 Å². The topological polar surface area (TPSA) is 9.23 Å². The molecule has 0 N–H and O–H groups in total. The molecule has 0 saturated heterocycles. The standard InChI is InChI=1S/C17H17Br2ClO/c1-9-6-5-7-12(16(9)20)15(19)14-11(3)13(18)8-10(2)17(14)21-4/h5-8,15H,1-4H3. The van der Waals surface area contributed by atoms with Gasteiger partial charge in [0.1, 0.15) is 5.75 Å². The molecule has 0 heterocycles. The normalized spacial score (nSPS) is 12.3. The first-order valence-corrected chi connectivity index (χ1v) is 8.69. The maximum atomic E-state index is 6.48. The van der Waals surface area contributed by atoms with E-state index in [1.54, 1.807) is 7.11 Å². The average Bonchev–Trinajstić information content (AvgIpc) is 2.44. The fourth-order valence-electron chi connectivity index (χ4n) is 2.47. The van der Waals surface area contributed by atoms with Gasteiger partial charge in [-0.1, -0.05) is 61.7 Å². The minimum Gasteiger partial charge on any atom is -0.496 e. The molecule has 4 heteroatoms. The van der Waals surface area contributed by atoms with Crippen LogP contribution in [0.1, 0.15) is 32.6 Å². The number of alkyl halides is 1. The smallest absolute Gasteiger partial charge is 0.126 e. The van der Waals surface area contributed by atoms with Gasteiger partial charge in [-0.15, -0.1) is 0 Å². The first kappa shape index (κ1) is 16.9. The van der Waals surface area contributed by atoms with Crippen molar-refractivity contribution in [1.29, 1.82) is 0 Å². The molecule has 0 aliphatic rings. The molecule has 0 aliphatic carbocycles. The zero-order valence-corrected chi connectivity index (χ0v) is 16.4. The zero-order chi connectivity index (χ0) is 15.7. The van der Waals surface area contributed by atoms with Crippen molar-refractivity contribution in [3.05, 3.63) is 61.6 Å². The number of ether oxygens (including phenoxy) is 1. The van der Waals surface area contributed by atoms with E-state index in [1.807, 2.05) is 32.0 Å². The van der Waals surface area contributed by atoms with Gasteiger partial charge in [0.25, 0.3) is 0 Å². The maximum Gasteiger partial charge on any atom is 0.126 e. The fourth-order valence-corrected chi connectivity index (χ4v) is 4.33. The van der Waals surface area contributed by atoms with Crippen molar-refractivity contribution in [1.82, 2.24) is 0 Å². The summed E-state index contributed by atoms with van der Waals surface area (Å²) in [6.45, 7) is 6.14.